The Morgan fingerprint density at radius 1 is 1.20 bits per heavy atom. The van der Waals surface area contributed by atoms with Crippen LogP contribution < -0.4 is 9.80 Å². The van der Waals surface area contributed by atoms with Gasteiger partial charge in [-0.05, 0) is 37.1 Å². The number of carbonyl (C=O) groups excluding carboxylic acids is 2. The highest BCUT2D eigenvalue weighted by Gasteiger charge is 2.29. The van der Waals surface area contributed by atoms with E-state index >= 15 is 0 Å². The first-order valence-electron chi connectivity index (χ1n) is 6.91. The van der Waals surface area contributed by atoms with Crippen molar-refractivity contribution in [3.8, 4) is 0 Å². The molecule has 2 aliphatic heterocycles. The Morgan fingerprint density at radius 2 is 2.00 bits per heavy atom. The molecule has 2 aliphatic rings. The summed E-state index contributed by atoms with van der Waals surface area (Å²) in [6.45, 7) is 3.50. The first-order valence-corrected chi connectivity index (χ1v) is 7.83. The van der Waals surface area contributed by atoms with Crippen molar-refractivity contribution in [1.82, 2.24) is 0 Å². The third kappa shape index (κ3) is 2.35. The minimum Gasteiger partial charge on any atom is -0.312 e. The van der Waals surface area contributed by atoms with Crippen LogP contribution in [0.2, 0.25) is 0 Å². The molecule has 0 spiro atoms. The maximum atomic E-state index is 11.9. The maximum absolute atomic E-state index is 11.9. The molecule has 2 saturated heterocycles. The topological polar surface area (TPSA) is 40.6 Å². The van der Waals surface area contributed by atoms with E-state index in [1.807, 2.05) is 34.9 Å². The molecule has 0 aromatic heterocycles. The minimum atomic E-state index is 0.149. The summed E-state index contributed by atoms with van der Waals surface area (Å²) in [6, 6.07) is 5.91. The number of anilines is 2. The van der Waals surface area contributed by atoms with Gasteiger partial charge in [-0.1, -0.05) is 15.9 Å². The lowest BCUT2D eigenvalue weighted by molar-refractivity contribution is -0.117. The van der Waals surface area contributed by atoms with Gasteiger partial charge in [0.15, 0.2) is 0 Å². The van der Waals surface area contributed by atoms with Crippen molar-refractivity contribution in [2.24, 2.45) is 0 Å². The third-order valence-corrected chi connectivity index (χ3v) is 4.55. The van der Waals surface area contributed by atoms with Gasteiger partial charge in [0, 0.05) is 42.1 Å². The van der Waals surface area contributed by atoms with Gasteiger partial charge >= 0.3 is 0 Å². The number of rotatable bonds is 2. The highest BCUT2D eigenvalue weighted by Crippen LogP contribution is 2.31. The van der Waals surface area contributed by atoms with E-state index in [1.54, 1.807) is 0 Å². The zero-order valence-corrected chi connectivity index (χ0v) is 13.0. The molecule has 2 heterocycles. The van der Waals surface area contributed by atoms with Gasteiger partial charge < -0.3 is 9.80 Å². The second-order valence-corrected chi connectivity index (χ2v) is 6.72. The fourth-order valence-electron chi connectivity index (χ4n) is 2.93. The number of alkyl halides is 1. The van der Waals surface area contributed by atoms with Crippen molar-refractivity contribution in [1.29, 1.82) is 0 Å². The highest BCUT2D eigenvalue weighted by molar-refractivity contribution is 9.09. The molecule has 1 atom stereocenters. The molecule has 2 fully saturated rings. The number of aryl methyl sites for hydroxylation is 1. The van der Waals surface area contributed by atoms with Crippen molar-refractivity contribution in [2.75, 3.05) is 22.9 Å². The van der Waals surface area contributed by atoms with Gasteiger partial charge in [-0.15, -0.1) is 0 Å². The second-order valence-electron chi connectivity index (χ2n) is 5.43. The standard InChI is InChI=1S/C15H17BrN2O2/c1-10-7-12(18-9-11(16)8-15(18)20)4-5-13(10)17-6-2-3-14(17)19/h4-5,7,11H,2-3,6,8-9H2,1H3. The first kappa shape index (κ1) is 13.6. The van der Waals surface area contributed by atoms with Crippen LogP contribution in [0.1, 0.15) is 24.8 Å². The van der Waals surface area contributed by atoms with E-state index in [4.69, 9.17) is 0 Å². The number of carbonyl (C=O) groups is 2. The Labute approximate surface area is 126 Å². The van der Waals surface area contributed by atoms with E-state index in [2.05, 4.69) is 15.9 Å². The summed E-state index contributed by atoms with van der Waals surface area (Å²) in [7, 11) is 0. The van der Waals surface area contributed by atoms with E-state index in [1.165, 1.54) is 0 Å². The van der Waals surface area contributed by atoms with Crippen molar-refractivity contribution in [3.05, 3.63) is 23.8 Å². The molecule has 1 aromatic carbocycles. The Kier molecular flexibility index (Phi) is 3.54. The van der Waals surface area contributed by atoms with Crippen molar-refractivity contribution < 1.29 is 9.59 Å². The van der Waals surface area contributed by atoms with Crippen LogP contribution in [0.25, 0.3) is 0 Å². The predicted octanol–water partition coefficient (Wildman–Crippen LogP) is 2.62. The molecule has 0 N–H and O–H groups in total. The lowest BCUT2D eigenvalue weighted by atomic mass is 10.1. The Bertz CT molecular complexity index is 573. The summed E-state index contributed by atoms with van der Waals surface area (Å²) < 4.78 is 0. The summed E-state index contributed by atoms with van der Waals surface area (Å²) in [6.07, 6.45) is 2.11. The van der Waals surface area contributed by atoms with Crippen LogP contribution in [0.15, 0.2) is 18.2 Å². The molecular weight excluding hydrogens is 320 g/mol. The Morgan fingerprint density at radius 3 is 2.55 bits per heavy atom. The second kappa shape index (κ2) is 5.20. The SMILES string of the molecule is Cc1cc(N2CC(Br)CC2=O)ccc1N1CCCC1=O. The van der Waals surface area contributed by atoms with Crippen LogP contribution >= 0.6 is 15.9 Å². The smallest absolute Gasteiger partial charge is 0.228 e. The van der Waals surface area contributed by atoms with Crippen LogP contribution in [-0.4, -0.2) is 29.7 Å². The van der Waals surface area contributed by atoms with Gasteiger partial charge in [-0.2, -0.15) is 0 Å². The lowest BCUT2D eigenvalue weighted by Crippen LogP contribution is -2.26. The number of hydrogen-bond acceptors (Lipinski definition) is 2. The van der Waals surface area contributed by atoms with E-state index in [-0.39, 0.29) is 16.6 Å². The molecule has 0 aliphatic carbocycles. The molecule has 106 valence electrons. The molecule has 0 bridgehead atoms. The van der Waals surface area contributed by atoms with E-state index < -0.39 is 0 Å². The summed E-state index contributed by atoms with van der Waals surface area (Å²) >= 11 is 3.50. The van der Waals surface area contributed by atoms with Crippen LogP contribution in [-0.2, 0) is 9.59 Å². The van der Waals surface area contributed by atoms with Gasteiger partial charge in [0.1, 0.15) is 0 Å². The Hall–Kier alpha value is -1.36. The fourth-order valence-corrected chi connectivity index (χ4v) is 3.49. The first-order chi connectivity index (χ1) is 9.56. The third-order valence-electron chi connectivity index (χ3n) is 3.93. The largest absolute Gasteiger partial charge is 0.312 e. The summed E-state index contributed by atoms with van der Waals surface area (Å²) in [5.41, 5.74) is 2.94. The number of benzene rings is 1. The average molecular weight is 337 g/mol. The fraction of sp³-hybridized carbons (Fsp3) is 0.467. The quantitative estimate of drug-likeness (QED) is 0.779. The van der Waals surface area contributed by atoms with Gasteiger partial charge in [-0.25, -0.2) is 0 Å². The zero-order chi connectivity index (χ0) is 14.3. The summed E-state index contributed by atoms with van der Waals surface area (Å²) in [5, 5.41) is 0. The minimum absolute atomic E-state index is 0.149. The van der Waals surface area contributed by atoms with E-state index in [0.29, 0.717) is 19.4 Å². The number of nitrogens with zero attached hydrogens (tertiary/aromatic N) is 2. The number of hydrogen-bond donors (Lipinski definition) is 0. The predicted molar refractivity (Wildman–Crippen MR) is 82.5 cm³/mol. The van der Waals surface area contributed by atoms with Crippen LogP contribution in [0.3, 0.4) is 0 Å². The van der Waals surface area contributed by atoms with Crippen LogP contribution in [0.5, 0.6) is 0 Å². The van der Waals surface area contributed by atoms with Gasteiger partial charge in [0.25, 0.3) is 0 Å². The van der Waals surface area contributed by atoms with Crippen LogP contribution in [0.4, 0.5) is 11.4 Å². The molecule has 5 heteroatoms. The highest BCUT2D eigenvalue weighted by atomic mass is 79.9. The van der Waals surface area contributed by atoms with Gasteiger partial charge in [-0.3, -0.25) is 9.59 Å². The van der Waals surface area contributed by atoms with Crippen LogP contribution in [0, 0.1) is 6.92 Å². The maximum Gasteiger partial charge on any atom is 0.228 e. The molecule has 20 heavy (non-hydrogen) atoms. The average Bonchev–Trinajstić information content (AvgIpc) is 2.95. The zero-order valence-electron chi connectivity index (χ0n) is 11.4. The monoisotopic (exact) mass is 336 g/mol. The van der Waals surface area contributed by atoms with Gasteiger partial charge in [0.05, 0.1) is 0 Å². The summed E-state index contributed by atoms with van der Waals surface area (Å²) in [4.78, 5) is 27.6. The Balaban J connectivity index is 1.88. The molecule has 4 nitrogen and oxygen atoms in total. The number of halogens is 1. The lowest BCUT2D eigenvalue weighted by Gasteiger charge is -2.22. The molecule has 1 unspecified atom stereocenters. The molecule has 2 amide bonds. The van der Waals surface area contributed by atoms with E-state index in [9.17, 15) is 9.59 Å². The number of amides is 2. The molecular formula is C15H17BrN2O2. The van der Waals surface area contributed by atoms with Gasteiger partial charge in [0.2, 0.25) is 11.8 Å². The molecule has 0 saturated carbocycles. The molecule has 0 radical (unpaired) electrons. The molecule has 3 rings (SSSR count). The van der Waals surface area contributed by atoms with Crippen molar-refractivity contribution in [3.63, 3.8) is 0 Å². The van der Waals surface area contributed by atoms with Crippen molar-refractivity contribution >= 4 is 39.1 Å². The van der Waals surface area contributed by atoms with Crippen molar-refractivity contribution in [2.45, 2.75) is 31.0 Å². The summed E-state index contributed by atoms with van der Waals surface area (Å²) in [5.74, 6) is 0.342. The normalized spacial score (nSPS) is 23.0. The van der Waals surface area contributed by atoms with E-state index in [0.717, 1.165) is 29.9 Å². The molecule has 1 aromatic rings.